The molecule has 0 aliphatic heterocycles. The molecule has 9 nitrogen and oxygen atoms in total. The van der Waals surface area contributed by atoms with E-state index in [1.54, 1.807) is 36.9 Å². The number of nitrogens with two attached hydrogens (primary N) is 1. The molecule has 1 aromatic heterocycles. The van der Waals surface area contributed by atoms with Gasteiger partial charge in [-0.15, -0.1) is 10.2 Å². The lowest BCUT2D eigenvalue weighted by Gasteiger charge is -2.04. The van der Waals surface area contributed by atoms with Crippen LogP contribution in [0.3, 0.4) is 0 Å². The third-order valence-corrected chi connectivity index (χ3v) is 5.14. The maximum absolute atomic E-state index is 11.3. The summed E-state index contributed by atoms with van der Waals surface area (Å²) in [4.78, 5) is -0.0137. The van der Waals surface area contributed by atoms with Crippen LogP contribution in [0.2, 0.25) is 0 Å². The van der Waals surface area contributed by atoms with Gasteiger partial charge < -0.3 is 19.7 Å². The zero-order chi connectivity index (χ0) is 20.5. The van der Waals surface area contributed by atoms with Gasteiger partial charge >= 0.3 is 0 Å². The molecular weight excluding hydrogens is 402 g/mol. The van der Waals surface area contributed by atoms with Gasteiger partial charge in [0.05, 0.1) is 17.5 Å². The Hall–Kier alpha value is -3.02. The molecule has 0 amide bonds. The molecule has 3 rings (SSSR count). The summed E-state index contributed by atoms with van der Waals surface area (Å²) in [7, 11) is -0.518. The SMILES string of the molecule is COc1ccc2c(c1)c(N=NC(=S)Nc1ccc(S(N)(=O)=O)cc1)c(O)n2C. The molecule has 11 heteroatoms. The molecule has 0 aliphatic carbocycles. The second-order valence-corrected chi connectivity index (χ2v) is 7.76. The number of benzene rings is 2. The van der Waals surface area contributed by atoms with E-state index in [0.717, 1.165) is 5.52 Å². The van der Waals surface area contributed by atoms with E-state index >= 15 is 0 Å². The Balaban J connectivity index is 1.83. The van der Waals surface area contributed by atoms with Crippen LogP contribution in [-0.4, -0.2) is 30.3 Å². The molecule has 1 heterocycles. The Kier molecular flexibility index (Phi) is 5.31. The summed E-state index contributed by atoms with van der Waals surface area (Å²) in [6.07, 6.45) is 0. The lowest BCUT2D eigenvalue weighted by molar-refractivity contribution is 0.415. The standard InChI is InChI=1S/C17H17N5O4S2/c1-22-14-8-5-11(26-2)9-13(14)15(16(22)23)20-21-17(27)19-10-3-6-12(7-4-10)28(18,24)25/h3-9,23H,1-2H3,(H,19,27)(H2,18,24,25). The van der Waals surface area contributed by atoms with Crippen molar-refractivity contribution in [1.29, 1.82) is 0 Å². The van der Waals surface area contributed by atoms with E-state index < -0.39 is 10.0 Å². The summed E-state index contributed by atoms with van der Waals surface area (Å²) in [5.74, 6) is 0.553. The third kappa shape index (κ3) is 3.96. The number of aromatic nitrogens is 1. The van der Waals surface area contributed by atoms with Gasteiger partial charge in [-0.25, -0.2) is 13.6 Å². The molecule has 146 valence electrons. The van der Waals surface area contributed by atoms with Crippen molar-refractivity contribution < 1.29 is 18.3 Å². The highest BCUT2D eigenvalue weighted by molar-refractivity contribution is 7.89. The van der Waals surface area contributed by atoms with Crippen LogP contribution in [0, 0.1) is 0 Å². The molecular formula is C17H17N5O4S2. The van der Waals surface area contributed by atoms with Gasteiger partial charge in [-0.05, 0) is 54.7 Å². The first-order valence-corrected chi connectivity index (χ1v) is 9.87. The van der Waals surface area contributed by atoms with Gasteiger partial charge in [0, 0.05) is 18.1 Å². The van der Waals surface area contributed by atoms with Crippen molar-refractivity contribution in [3.8, 4) is 11.6 Å². The summed E-state index contributed by atoms with van der Waals surface area (Å²) < 4.78 is 29.3. The number of hydrogen-bond acceptors (Lipinski definition) is 6. The summed E-state index contributed by atoms with van der Waals surface area (Å²) in [5, 5.41) is 26.9. The summed E-state index contributed by atoms with van der Waals surface area (Å²) in [5.41, 5.74) is 1.52. The van der Waals surface area contributed by atoms with Gasteiger partial charge in [0.15, 0.2) is 5.69 Å². The van der Waals surface area contributed by atoms with E-state index in [4.69, 9.17) is 22.1 Å². The molecule has 4 N–H and O–H groups in total. The van der Waals surface area contributed by atoms with Crippen LogP contribution in [0.1, 0.15) is 0 Å². The zero-order valence-electron chi connectivity index (χ0n) is 14.9. The predicted molar refractivity (Wildman–Crippen MR) is 110 cm³/mol. The quantitative estimate of drug-likeness (QED) is 0.440. The normalized spacial score (nSPS) is 11.8. The number of thiocarbonyl (C=S) groups is 1. The average Bonchev–Trinajstić information content (AvgIpc) is 2.89. The Bertz CT molecular complexity index is 1180. The Morgan fingerprint density at radius 2 is 1.93 bits per heavy atom. The highest BCUT2D eigenvalue weighted by atomic mass is 32.2. The van der Waals surface area contributed by atoms with Crippen molar-refractivity contribution in [2.45, 2.75) is 4.90 Å². The minimum Gasteiger partial charge on any atom is -0.497 e. The molecule has 0 spiro atoms. The first kappa shape index (κ1) is 19.7. The highest BCUT2D eigenvalue weighted by Gasteiger charge is 2.15. The van der Waals surface area contributed by atoms with E-state index in [1.165, 1.54) is 24.3 Å². The van der Waals surface area contributed by atoms with Crippen molar-refractivity contribution >= 4 is 49.6 Å². The second kappa shape index (κ2) is 7.54. The molecule has 0 unspecified atom stereocenters. The fourth-order valence-corrected chi connectivity index (χ4v) is 3.26. The topological polar surface area (TPSA) is 131 Å². The number of methoxy groups -OCH3 is 1. The molecule has 28 heavy (non-hydrogen) atoms. The Morgan fingerprint density at radius 3 is 2.54 bits per heavy atom. The van der Waals surface area contributed by atoms with E-state index in [-0.39, 0.29) is 21.6 Å². The number of hydrogen-bond donors (Lipinski definition) is 3. The smallest absolute Gasteiger partial charge is 0.238 e. The van der Waals surface area contributed by atoms with Crippen LogP contribution < -0.4 is 15.2 Å². The highest BCUT2D eigenvalue weighted by Crippen LogP contribution is 2.39. The fraction of sp³-hybridized carbons (Fsp3) is 0.118. The molecule has 2 aromatic carbocycles. The van der Waals surface area contributed by atoms with Crippen LogP contribution in [0.15, 0.2) is 57.6 Å². The largest absolute Gasteiger partial charge is 0.497 e. The van der Waals surface area contributed by atoms with E-state index in [9.17, 15) is 13.5 Å². The number of sulfonamides is 1. The number of aryl methyl sites for hydroxylation is 1. The number of nitrogens with zero attached hydrogens (tertiary/aromatic N) is 3. The first-order chi connectivity index (χ1) is 13.2. The number of fused-ring (bicyclic) bond motifs is 1. The van der Waals surface area contributed by atoms with Crippen LogP contribution in [0.25, 0.3) is 10.9 Å². The minimum absolute atomic E-state index is 0.0137. The number of rotatable bonds is 4. The fourth-order valence-electron chi connectivity index (χ4n) is 2.59. The Morgan fingerprint density at radius 1 is 1.25 bits per heavy atom. The minimum atomic E-state index is -3.77. The number of aromatic hydroxyl groups is 1. The van der Waals surface area contributed by atoms with Gasteiger partial charge in [-0.1, -0.05) is 0 Å². The molecule has 0 saturated heterocycles. The number of anilines is 1. The van der Waals surface area contributed by atoms with Crippen LogP contribution in [0.5, 0.6) is 11.6 Å². The third-order valence-electron chi connectivity index (χ3n) is 4.02. The first-order valence-electron chi connectivity index (χ1n) is 7.91. The van der Waals surface area contributed by atoms with E-state index in [1.807, 2.05) is 0 Å². The van der Waals surface area contributed by atoms with Crippen molar-refractivity contribution in [2.75, 3.05) is 12.4 Å². The van der Waals surface area contributed by atoms with Gasteiger partial charge in [-0.3, -0.25) is 0 Å². The molecule has 0 fully saturated rings. The maximum Gasteiger partial charge on any atom is 0.238 e. The molecule has 3 aromatic rings. The predicted octanol–water partition coefficient (Wildman–Crippen LogP) is 3.02. The molecule has 0 aliphatic rings. The number of primary sulfonamides is 1. The average molecular weight is 419 g/mol. The lowest BCUT2D eigenvalue weighted by atomic mass is 10.2. The maximum atomic E-state index is 11.3. The molecule has 0 bridgehead atoms. The number of ether oxygens (including phenoxy) is 1. The number of nitrogens with one attached hydrogen (secondary N) is 1. The van der Waals surface area contributed by atoms with Gasteiger partial charge in [0.2, 0.25) is 21.0 Å². The zero-order valence-corrected chi connectivity index (χ0v) is 16.6. The molecule has 0 atom stereocenters. The van der Waals surface area contributed by atoms with Crippen LogP contribution >= 0.6 is 12.2 Å². The molecule has 0 radical (unpaired) electrons. The number of azo groups is 1. The van der Waals surface area contributed by atoms with E-state index in [0.29, 0.717) is 16.8 Å². The van der Waals surface area contributed by atoms with Crippen LogP contribution in [0.4, 0.5) is 11.4 Å². The van der Waals surface area contributed by atoms with Crippen molar-refractivity contribution in [2.24, 2.45) is 22.4 Å². The van der Waals surface area contributed by atoms with Crippen molar-refractivity contribution in [1.82, 2.24) is 4.57 Å². The monoisotopic (exact) mass is 419 g/mol. The van der Waals surface area contributed by atoms with Gasteiger partial charge in [-0.2, -0.15) is 0 Å². The van der Waals surface area contributed by atoms with Gasteiger partial charge in [0.1, 0.15) is 5.75 Å². The van der Waals surface area contributed by atoms with Crippen molar-refractivity contribution in [3.63, 3.8) is 0 Å². The van der Waals surface area contributed by atoms with Crippen LogP contribution in [-0.2, 0) is 17.1 Å². The summed E-state index contributed by atoms with van der Waals surface area (Å²) in [6.45, 7) is 0. The summed E-state index contributed by atoms with van der Waals surface area (Å²) in [6, 6.07) is 11.0. The summed E-state index contributed by atoms with van der Waals surface area (Å²) >= 11 is 5.14. The molecule has 0 saturated carbocycles. The van der Waals surface area contributed by atoms with Crippen molar-refractivity contribution in [3.05, 3.63) is 42.5 Å². The van der Waals surface area contributed by atoms with E-state index in [2.05, 4.69) is 15.5 Å². The van der Waals surface area contributed by atoms with Gasteiger partial charge in [0.25, 0.3) is 0 Å². The lowest BCUT2D eigenvalue weighted by Crippen LogP contribution is -2.12. The second-order valence-electron chi connectivity index (χ2n) is 5.81. The Labute approximate surface area is 166 Å².